The quantitative estimate of drug-likeness (QED) is 0.167. The molecule has 122 valence electrons. The maximum absolute atomic E-state index is 6.25. The lowest BCUT2D eigenvalue weighted by Crippen LogP contribution is -2.20. The molecule has 0 nitrogen and oxygen atoms in total. The van der Waals surface area contributed by atoms with Crippen LogP contribution in [0.5, 0.6) is 0 Å². The Morgan fingerprint density at radius 3 is 1.40 bits per heavy atom. The van der Waals surface area contributed by atoms with Gasteiger partial charge in [-0.05, 0) is 18.4 Å². The average molecular weight is 360 g/mol. The Balaban J connectivity index is 3.64. The molecule has 4 heteroatoms. The van der Waals surface area contributed by atoms with Gasteiger partial charge in [0.25, 0.3) is 0 Å². The zero-order valence-corrected chi connectivity index (χ0v) is 16.7. The Morgan fingerprint density at radius 2 is 0.950 bits per heavy atom. The standard InChI is InChI=1S/C16H33Cl3Si/c1-3-5-7-8-9-10-11-13-15-16(20(17,18)19)14-12-6-4-2/h16H,3-15H2,1-2H3. The monoisotopic (exact) mass is 358 g/mol. The van der Waals surface area contributed by atoms with Gasteiger partial charge in [0, 0.05) is 0 Å². The van der Waals surface area contributed by atoms with Gasteiger partial charge in [0.05, 0.1) is 0 Å². The maximum atomic E-state index is 6.25. The first kappa shape index (κ1) is 21.1. The van der Waals surface area contributed by atoms with Crippen LogP contribution in [0.25, 0.3) is 0 Å². The van der Waals surface area contributed by atoms with Crippen molar-refractivity contribution in [2.24, 2.45) is 0 Å². The maximum Gasteiger partial charge on any atom is 0.344 e. The number of halogens is 3. The lowest BCUT2D eigenvalue weighted by atomic mass is 10.0. The summed E-state index contributed by atoms with van der Waals surface area (Å²) in [7, 11) is 0. The van der Waals surface area contributed by atoms with E-state index >= 15 is 0 Å². The van der Waals surface area contributed by atoms with E-state index in [9.17, 15) is 0 Å². The number of unbranched alkanes of at least 4 members (excludes halogenated alkanes) is 9. The first-order valence-electron chi connectivity index (χ1n) is 8.59. The molecule has 0 saturated carbocycles. The molecule has 20 heavy (non-hydrogen) atoms. The number of hydrogen-bond acceptors (Lipinski definition) is 0. The predicted octanol–water partition coefficient (Wildman–Crippen LogP) is 8.12. The van der Waals surface area contributed by atoms with E-state index in [1.807, 2.05) is 0 Å². The van der Waals surface area contributed by atoms with E-state index in [1.165, 1.54) is 70.6 Å². The van der Waals surface area contributed by atoms with Crippen LogP contribution in [0.3, 0.4) is 0 Å². The summed E-state index contributed by atoms with van der Waals surface area (Å²) >= 11 is 18.7. The van der Waals surface area contributed by atoms with Gasteiger partial charge in [0.1, 0.15) is 0 Å². The molecule has 0 N–H and O–H groups in total. The average Bonchev–Trinajstić information content (AvgIpc) is 2.38. The SMILES string of the molecule is CCCCCCCCCCC(CCCCC)[Si](Cl)(Cl)Cl. The van der Waals surface area contributed by atoms with E-state index in [4.69, 9.17) is 33.2 Å². The van der Waals surface area contributed by atoms with Crippen molar-refractivity contribution in [1.29, 1.82) is 0 Å². The summed E-state index contributed by atoms with van der Waals surface area (Å²) in [6.07, 6.45) is 16.8. The highest BCUT2D eigenvalue weighted by Crippen LogP contribution is 2.41. The summed E-state index contributed by atoms with van der Waals surface area (Å²) in [5.74, 6) is 0. The second-order valence-electron chi connectivity index (χ2n) is 6.00. The van der Waals surface area contributed by atoms with E-state index in [0.29, 0.717) is 5.54 Å². The van der Waals surface area contributed by atoms with Crippen molar-refractivity contribution in [3.8, 4) is 0 Å². The van der Waals surface area contributed by atoms with Gasteiger partial charge in [-0.25, -0.2) is 0 Å². The Morgan fingerprint density at radius 1 is 0.600 bits per heavy atom. The van der Waals surface area contributed by atoms with Crippen LogP contribution in [0.1, 0.15) is 97.3 Å². The van der Waals surface area contributed by atoms with Crippen LogP contribution in [0.2, 0.25) is 5.54 Å². The molecule has 0 radical (unpaired) electrons. The van der Waals surface area contributed by atoms with Gasteiger partial charge in [-0.1, -0.05) is 84.5 Å². The third-order valence-electron chi connectivity index (χ3n) is 4.03. The minimum atomic E-state index is -2.51. The molecular formula is C16H33Cl3Si. The molecule has 0 aromatic heterocycles. The van der Waals surface area contributed by atoms with Crippen molar-refractivity contribution in [2.45, 2.75) is 103 Å². The van der Waals surface area contributed by atoms with E-state index in [1.54, 1.807) is 0 Å². The normalized spacial score (nSPS) is 13.7. The number of hydrogen-bond donors (Lipinski definition) is 0. The lowest BCUT2D eigenvalue weighted by molar-refractivity contribution is 0.536. The molecule has 0 saturated heterocycles. The first-order valence-corrected chi connectivity index (χ1v) is 13.7. The molecule has 0 aliphatic carbocycles. The second kappa shape index (κ2) is 13.7. The van der Waals surface area contributed by atoms with Gasteiger partial charge in [-0.3, -0.25) is 0 Å². The van der Waals surface area contributed by atoms with Crippen LogP contribution in [-0.4, -0.2) is 6.00 Å². The summed E-state index contributed by atoms with van der Waals surface area (Å²) < 4.78 is 0. The fourth-order valence-corrected chi connectivity index (χ4v) is 5.66. The molecule has 0 amide bonds. The van der Waals surface area contributed by atoms with E-state index in [-0.39, 0.29) is 0 Å². The van der Waals surface area contributed by atoms with Gasteiger partial charge < -0.3 is 0 Å². The fraction of sp³-hybridized carbons (Fsp3) is 1.00. The molecule has 1 atom stereocenters. The first-order chi connectivity index (χ1) is 9.52. The molecule has 0 aromatic carbocycles. The lowest BCUT2D eigenvalue weighted by Gasteiger charge is -2.22. The van der Waals surface area contributed by atoms with Gasteiger partial charge in [-0.15, -0.1) is 33.2 Å². The minimum Gasteiger partial charge on any atom is -0.126 e. The smallest absolute Gasteiger partial charge is 0.126 e. The van der Waals surface area contributed by atoms with Crippen molar-refractivity contribution in [2.75, 3.05) is 0 Å². The summed E-state index contributed by atoms with van der Waals surface area (Å²) in [5.41, 5.74) is 0.374. The van der Waals surface area contributed by atoms with E-state index in [2.05, 4.69) is 13.8 Å². The molecule has 0 heterocycles. The van der Waals surface area contributed by atoms with Gasteiger partial charge in [0.15, 0.2) is 0 Å². The molecule has 0 aromatic rings. The Bertz CT molecular complexity index is 204. The fourth-order valence-electron chi connectivity index (χ4n) is 2.64. The summed E-state index contributed by atoms with van der Waals surface area (Å²) in [4.78, 5) is 0. The third-order valence-corrected chi connectivity index (χ3v) is 8.31. The van der Waals surface area contributed by atoms with Crippen LogP contribution >= 0.6 is 33.2 Å². The highest BCUT2D eigenvalue weighted by atomic mass is 35.8. The molecule has 1 unspecified atom stereocenters. The van der Waals surface area contributed by atoms with Gasteiger partial charge in [0.2, 0.25) is 0 Å². The largest absolute Gasteiger partial charge is 0.344 e. The topological polar surface area (TPSA) is 0 Å². The van der Waals surface area contributed by atoms with E-state index < -0.39 is 6.00 Å². The highest BCUT2D eigenvalue weighted by molar-refractivity contribution is 7.65. The van der Waals surface area contributed by atoms with E-state index in [0.717, 1.165) is 12.8 Å². The van der Waals surface area contributed by atoms with Crippen LogP contribution < -0.4 is 0 Å². The molecule has 0 aliphatic rings. The molecule has 0 fully saturated rings. The molecule has 0 aliphatic heterocycles. The Kier molecular flexibility index (Phi) is 14.5. The van der Waals surface area contributed by atoms with Gasteiger partial charge >= 0.3 is 6.00 Å². The molecule has 0 spiro atoms. The van der Waals surface area contributed by atoms with Crippen molar-refractivity contribution in [1.82, 2.24) is 0 Å². The molecule has 0 bridgehead atoms. The summed E-state index contributed by atoms with van der Waals surface area (Å²) in [5, 5.41) is 0. The molecular weight excluding hydrogens is 327 g/mol. The summed E-state index contributed by atoms with van der Waals surface area (Å²) in [6, 6.07) is -2.51. The van der Waals surface area contributed by atoms with Crippen LogP contribution in [0.4, 0.5) is 0 Å². The third kappa shape index (κ3) is 12.8. The zero-order chi connectivity index (χ0) is 15.3. The Hall–Kier alpha value is 1.09. The minimum absolute atomic E-state index is 0.374. The van der Waals surface area contributed by atoms with Crippen LogP contribution in [0.15, 0.2) is 0 Å². The van der Waals surface area contributed by atoms with Crippen molar-refractivity contribution in [3.05, 3.63) is 0 Å². The summed E-state index contributed by atoms with van der Waals surface area (Å²) in [6.45, 7) is 4.49. The Labute approximate surface area is 142 Å². The van der Waals surface area contributed by atoms with Gasteiger partial charge in [-0.2, -0.15) is 0 Å². The highest BCUT2D eigenvalue weighted by Gasteiger charge is 2.35. The van der Waals surface area contributed by atoms with Crippen LogP contribution in [-0.2, 0) is 0 Å². The van der Waals surface area contributed by atoms with Crippen molar-refractivity contribution >= 4 is 39.2 Å². The predicted molar refractivity (Wildman–Crippen MR) is 98.4 cm³/mol. The van der Waals surface area contributed by atoms with Crippen molar-refractivity contribution < 1.29 is 0 Å². The zero-order valence-electron chi connectivity index (χ0n) is 13.4. The van der Waals surface area contributed by atoms with Crippen molar-refractivity contribution in [3.63, 3.8) is 0 Å². The number of rotatable bonds is 14. The second-order valence-corrected chi connectivity index (χ2v) is 15.0. The van der Waals surface area contributed by atoms with Crippen LogP contribution in [0, 0.1) is 0 Å². The molecule has 0 rings (SSSR count).